The Morgan fingerprint density at radius 2 is 2.26 bits per heavy atom. The summed E-state index contributed by atoms with van der Waals surface area (Å²) < 4.78 is 5.02. The zero-order valence-electron chi connectivity index (χ0n) is 11.2. The van der Waals surface area contributed by atoms with Crippen molar-refractivity contribution < 1.29 is 9.66 Å². The number of hydrogen-bond donors (Lipinski definition) is 2. The molecule has 0 saturated heterocycles. The smallest absolute Gasteiger partial charge is 0.296 e. The lowest BCUT2D eigenvalue weighted by molar-refractivity contribution is -0.384. The second-order valence-corrected chi connectivity index (χ2v) is 5.16. The third kappa shape index (κ3) is 2.78. The average Bonchev–Trinajstić information content (AvgIpc) is 3.23. The number of hydrogen-bond acceptors (Lipinski definition) is 5. The van der Waals surface area contributed by atoms with E-state index in [9.17, 15) is 10.1 Å². The van der Waals surface area contributed by atoms with Crippen LogP contribution in [0.4, 0.5) is 11.4 Å². The molecule has 1 unspecified atom stereocenters. The molecule has 0 spiro atoms. The van der Waals surface area contributed by atoms with Gasteiger partial charge in [0.15, 0.2) is 0 Å². The maximum Gasteiger partial charge on any atom is 0.296 e. The minimum Gasteiger partial charge on any atom is -0.496 e. The van der Waals surface area contributed by atoms with Crippen molar-refractivity contribution in [2.45, 2.75) is 25.3 Å². The molecular formula is C13H19N3O3. The first-order valence-electron chi connectivity index (χ1n) is 6.31. The van der Waals surface area contributed by atoms with Crippen LogP contribution in [0.2, 0.25) is 0 Å². The fourth-order valence-electron chi connectivity index (χ4n) is 2.24. The summed E-state index contributed by atoms with van der Waals surface area (Å²) in [7, 11) is 1.49. The largest absolute Gasteiger partial charge is 0.496 e. The van der Waals surface area contributed by atoms with Gasteiger partial charge in [-0.15, -0.1) is 0 Å². The summed E-state index contributed by atoms with van der Waals surface area (Å²) in [5.41, 5.74) is 6.03. The molecule has 0 radical (unpaired) electrons. The molecule has 19 heavy (non-hydrogen) atoms. The third-order valence-electron chi connectivity index (χ3n) is 3.72. The van der Waals surface area contributed by atoms with Crippen molar-refractivity contribution in [3.63, 3.8) is 0 Å². The molecule has 0 bridgehead atoms. The summed E-state index contributed by atoms with van der Waals surface area (Å²) in [6.07, 6.45) is 2.23. The Balaban J connectivity index is 2.30. The fourth-order valence-corrected chi connectivity index (χ4v) is 2.24. The molecule has 1 fully saturated rings. The van der Waals surface area contributed by atoms with Gasteiger partial charge in [0.05, 0.1) is 18.1 Å². The van der Waals surface area contributed by atoms with E-state index in [1.54, 1.807) is 12.1 Å². The van der Waals surface area contributed by atoms with Crippen LogP contribution in [0.25, 0.3) is 0 Å². The lowest BCUT2D eigenvalue weighted by Gasteiger charge is -2.30. The lowest BCUT2D eigenvalue weighted by atomic mass is 9.95. The first kappa shape index (κ1) is 13.6. The number of anilines is 1. The molecule has 3 N–H and O–H groups in total. The minimum absolute atomic E-state index is 0.0136. The maximum atomic E-state index is 11.1. The molecule has 1 saturated carbocycles. The molecule has 6 nitrogen and oxygen atoms in total. The Morgan fingerprint density at radius 1 is 1.58 bits per heavy atom. The van der Waals surface area contributed by atoms with Crippen molar-refractivity contribution >= 4 is 11.4 Å². The predicted octanol–water partition coefficient (Wildman–Crippen LogP) is 2.14. The SMILES string of the molecule is COc1ccc(NC(C)(CN)C2CC2)c([N+](=O)[O-])c1. The molecular weight excluding hydrogens is 246 g/mol. The second kappa shape index (κ2) is 5.05. The van der Waals surface area contributed by atoms with E-state index in [-0.39, 0.29) is 11.2 Å². The van der Waals surface area contributed by atoms with Crippen LogP contribution >= 0.6 is 0 Å². The Morgan fingerprint density at radius 3 is 2.74 bits per heavy atom. The van der Waals surface area contributed by atoms with Gasteiger partial charge in [-0.3, -0.25) is 10.1 Å². The lowest BCUT2D eigenvalue weighted by Crippen LogP contribution is -2.44. The molecule has 1 aromatic carbocycles. The molecule has 0 aliphatic heterocycles. The number of rotatable bonds is 6. The minimum atomic E-state index is -0.408. The highest BCUT2D eigenvalue weighted by atomic mass is 16.6. The number of nitrogens with one attached hydrogen (secondary N) is 1. The maximum absolute atomic E-state index is 11.1. The monoisotopic (exact) mass is 265 g/mol. The van der Waals surface area contributed by atoms with E-state index < -0.39 is 4.92 Å². The van der Waals surface area contributed by atoms with Crippen LogP contribution in [0.3, 0.4) is 0 Å². The number of nitro groups is 1. The van der Waals surface area contributed by atoms with Crippen LogP contribution in [0, 0.1) is 16.0 Å². The van der Waals surface area contributed by atoms with Crippen LogP contribution < -0.4 is 15.8 Å². The van der Waals surface area contributed by atoms with Crippen molar-refractivity contribution in [3.8, 4) is 5.75 Å². The van der Waals surface area contributed by atoms with Gasteiger partial charge >= 0.3 is 0 Å². The molecule has 1 aliphatic rings. The van der Waals surface area contributed by atoms with Gasteiger partial charge in [-0.25, -0.2) is 0 Å². The summed E-state index contributed by atoms with van der Waals surface area (Å²) in [6.45, 7) is 2.46. The predicted molar refractivity (Wildman–Crippen MR) is 73.5 cm³/mol. The number of benzene rings is 1. The van der Waals surface area contributed by atoms with Crippen LogP contribution in [-0.4, -0.2) is 24.1 Å². The van der Waals surface area contributed by atoms with Gasteiger partial charge in [-0.2, -0.15) is 0 Å². The van der Waals surface area contributed by atoms with Crippen molar-refractivity contribution in [1.29, 1.82) is 0 Å². The summed E-state index contributed by atoms with van der Waals surface area (Å²) in [5, 5.41) is 14.4. The van der Waals surface area contributed by atoms with Gasteiger partial charge < -0.3 is 15.8 Å². The van der Waals surface area contributed by atoms with Crippen LogP contribution in [0.15, 0.2) is 18.2 Å². The van der Waals surface area contributed by atoms with Crippen molar-refractivity contribution in [2.24, 2.45) is 11.7 Å². The van der Waals surface area contributed by atoms with Gasteiger partial charge in [0, 0.05) is 12.1 Å². The summed E-state index contributed by atoms with van der Waals surface area (Å²) in [4.78, 5) is 10.7. The average molecular weight is 265 g/mol. The van der Waals surface area contributed by atoms with Gasteiger partial charge in [0.25, 0.3) is 5.69 Å². The van der Waals surface area contributed by atoms with Crippen LogP contribution in [-0.2, 0) is 0 Å². The third-order valence-corrected chi connectivity index (χ3v) is 3.72. The summed E-state index contributed by atoms with van der Waals surface area (Å²) in [6, 6.07) is 4.80. The highest BCUT2D eigenvalue weighted by Crippen LogP contribution is 2.42. The highest BCUT2D eigenvalue weighted by Gasteiger charge is 2.41. The van der Waals surface area contributed by atoms with E-state index in [2.05, 4.69) is 5.32 Å². The van der Waals surface area contributed by atoms with E-state index in [0.29, 0.717) is 23.9 Å². The number of methoxy groups -OCH3 is 1. The molecule has 1 atom stereocenters. The van der Waals surface area contributed by atoms with E-state index >= 15 is 0 Å². The zero-order valence-corrected chi connectivity index (χ0v) is 11.2. The number of nitrogens with two attached hydrogens (primary N) is 1. The zero-order chi connectivity index (χ0) is 14.0. The Kier molecular flexibility index (Phi) is 3.61. The van der Waals surface area contributed by atoms with E-state index in [4.69, 9.17) is 10.5 Å². The second-order valence-electron chi connectivity index (χ2n) is 5.16. The Hall–Kier alpha value is -1.82. The topological polar surface area (TPSA) is 90.4 Å². The molecule has 0 amide bonds. The van der Waals surface area contributed by atoms with E-state index in [1.165, 1.54) is 13.2 Å². The quantitative estimate of drug-likeness (QED) is 0.607. The van der Waals surface area contributed by atoms with Crippen LogP contribution in [0.5, 0.6) is 5.75 Å². The molecule has 2 rings (SSSR count). The fraction of sp³-hybridized carbons (Fsp3) is 0.538. The molecule has 6 heteroatoms. The van der Waals surface area contributed by atoms with Gasteiger partial charge in [-0.1, -0.05) is 0 Å². The van der Waals surface area contributed by atoms with Crippen LogP contribution in [0.1, 0.15) is 19.8 Å². The first-order chi connectivity index (χ1) is 9.00. The number of nitrogens with zero attached hydrogens (tertiary/aromatic N) is 1. The number of nitro benzene ring substituents is 1. The van der Waals surface area contributed by atoms with Gasteiger partial charge in [0.1, 0.15) is 11.4 Å². The molecule has 0 heterocycles. The van der Waals surface area contributed by atoms with Gasteiger partial charge in [-0.05, 0) is 37.8 Å². The van der Waals surface area contributed by atoms with E-state index in [0.717, 1.165) is 12.8 Å². The van der Waals surface area contributed by atoms with Gasteiger partial charge in [0.2, 0.25) is 0 Å². The normalized spacial score (nSPS) is 17.6. The number of ether oxygens (including phenoxy) is 1. The standard InChI is InChI=1S/C13H19N3O3/c1-13(8-14,9-3-4-9)15-11-6-5-10(19-2)7-12(11)16(17)18/h5-7,9,15H,3-4,8,14H2,1-2H3. The highest BCUT2D eigenvalue weighted by molar-refractivity contribution is 5.65. The Bertz CT molecular complexity index is 488. The van der Waals surface area contributed by atoms with Crippen molar-refractivity contribution in [1.82, 2.24) is 0 Å². The first-order valence-corrected chi connectivity index (χ1v) is 6.31. The summed E-state index contributed by atoms with van der Waals surface area (Å²) >= 11 is 0. The van der Waals surface area contributed by atoms with Crippen molar-refractivity contribution in [2.75, 3.05) is 19.0 Å². The summed E-state index contributed by atoms with van der Waals surface area (Å²) in [5.74, 6) is 0.956. The molecule has 1 aromatic rings. The molecule has 0 aromatic heterocycles. The van der Waals surface area contributed by atoms with Crippen molar-refractivity contribution in [3.05, 3.63) is 28.3 Å². The van der Waals surface area contributed by atoms with E-state index in [1.807, 2.05) is 6.92 Å². The Labute approximate surface area is 112 Å². The molecule has 1 aliphatic carbocycles. The molecule has 104 valence electrons.